The lowest BCUT2D eigenvalue weighted by Crippen LogP contribution is -2.43. The number of aromatic nitrogens is 1. The van der Waals surface area contributed by atoms with Crippen LogP contribution in [0.15, 0.2) is 12.3 Å². The summed E-state index contributed by atoms with van der Waals surface area (Å²) >= 11 is 0. The lowest BCUT2D eigenvalue weighted by Gasteiger charge is -2.14. The summed E-state index contributed by atoms with van der Waals surface area (Å²) in [5, 5.41) is 22.0. The molecule has 2 unspecified atom stereocenters. The fourth-order valence-corrected chi connectivity index (χ4v) is 1.10. The number of rotatable bonds is 5. The Labute approximate surface area is 97.0 Å². The number of hydrogen-bond acceptors (Lipinski definition) is 5. The first kappa shape index (κ1) is 13.1. The number of nitro groups is 1. The number of carbonyl (C=O) groups excluding carboxylic acids is 1. The molecular weight excluding hydrogens is 228 g/mol. The number of aliphatic hydroxyl groups excluding tert-OH is 1. The molecule has 0 saturated carbocycles. The first-order valence-corrected chi connectivity index (χ1v) is 4.96. The minimum atomic E-state index is -0.742. The van der Waals surface area contributed by atoms with E-state index in [1.807, 2.05) is 0 Å². The highest BCUT2D eigenvalue weighted by atomic mass is 16.6. The van der Waals surface area contributed by atoms with Crippen LogP contribution in [0.4, 0.5) is 5.69 Å². The fraction of sp³-hybridized carbons (Fsp3) is 0.444. The first-order chi connectivity index (χ1) is 7.91. The van der Waals surface area contributed by atoms with Gasteiger partial charge in [-0.3, -0.25) is 14.9 Å². The van der Waals surface area contributed by atoms with Gasteiger partial charge in [-0.15, -0.1) is 0 Å². The minimum absolute atomic E-state index is 0.0782. The Morgan fingerprint density at radius 3 is 2.88 bits per heavy atom. The Kier molecular flexibility index (Phi) is 4.18. The molecule has 1 amide bonds. The number of hydrogen-bond donors (Lipinski definition) is 4. The third-order valence-electron chi connectivity index (χ3n) is 2.24. The molecule has 8 heteroatoms. The summed E-state index contributed by atoms with van der Waals surface area (Å²) in [6.45, 7) is 1.60. The third-order valence-corrected chi connectivity index (χ3v) is 2.24. The molecule has 1 rings (SSSR count). The van der Waals surface area contributed by atoms with Crippen molar-refractivity contribution in [2.24, 2.45) is 5.73 Å². The van der Waals surface area contributed by atoms with E-state index >= 15 is 0 Å². The Balaban J connectivity index is 2.55. The van der Waals surface area contributed by atoms with Crippen LogP contribution in [0.2, 0.25) is 0 Å². The summed E-state index contributed by atoms with van der Waals surface area (Å²) in [5.41, 5.74) is 5.41. The summed E-state index contributed by atoms with van der Waals surface area (Å²) in [7, 11) is 0. The smallest absolute Gasteiger partial charge is 0.287 e. The van der Waals surface area contributed by atoms with Gasteiger partial charge in [0.1, 0.15) is 5.69 Å². The van der Waals surface area contributed by atoms with Crippen LogP contribution in [-0.2, 0) is 0 Å². The Bertz CT molecular complexity index is 415. The molecule has 8 nitrogen and oxygen atoms in total. The molecule has 17 heavy (non-hydrogen) atoms. The van der Waals surface area contributed by atoms with Crippen LogP contribution in [-0.4, -0.2) is 39.6 Å². The van der Waals surface area contributed by atoms with Gasteiger partial charge in [0.15, 0.2) is 0 Å². The number of nitrogens with one attached hydrogen (secondary N) is 2. The van der Waals surface area contributed by atoms with Gasteiger partial charge in [-0.2, -0.15) is 0 Å². The Morgan fingerprint density at radius 2 is 2.41 bits per heavy atom. The topological polar surface area (TPSA) is 134 Å². The van der Waals surface area contributed by atoms with E-state index in [4.69, 9.17) is 10.8 Å². The Hall–Kier alpha value is -1.93. The van der Waals surface area contributed by atoms with E-state index in [1.54, 1.807) is 0 Å². The zero-order chi connectivity index (χ0) is 13.0. The van der Waals surface area contributed by atoms with E-state index in [0.29, 0.717) is 0 Å². The molecule has 0 fully saturated rings. The number of aliphatic hydroxyl groups is 1. The average molecular weight is 242 g/mol. The molecule has 2 atom stereocenters. The van der Waals surface area contributed by atoms with Crippen LogP contribution in [0.3, 0.4) is 0 Å². The molecule has 94 valence electrons. The molecule has 0 bridgehead atoms. The summed E-state index contributed by atoms with van der Waals surface area (Å²) < 4.78 is 0. The number of aromatic amines is 1. The Morgan fingerprint density at radius 1 is 1.76 bits per heavy atom. The average Bonchev–Trinajstić information content (AvgIpc) is 2.74. The summed E-state index contributed by atoms with van der Waals surface area (Å²) in [4.78, 5) is 23.8. The lowest BCUT2D eigenvalue weighted by molar-refractivity contribution is -0.384. The number of H-pyrrole nitrogens is 1. The summed E-state index contributed by atoms with van der Waals surface area (Å²) in [5.74, 6) is -0.505. The van der Waals surface area contributed by atoms with Crippen LogP contribution in [0.1, 0.15) is 17.4 Å². The molecule has 0 aliphatic carbocycles. The molecule has 0 spiro atoms. The maximum Gasteiger partial charge on any atom is 0.287 e. The number of amides is 1. The monoisotopic (exact) mass is 242 g/mol. The molecule has 0 aliphatic heterocycles. The van der Waals surface area contributed by atoms with E-state index in [9.17, 15) is 14.9 Å². The zero-order valence-electron chi connectivity index (χ0n) is 9.21. The van der Waals surface area contributed by atoms with Gasteiger partial charge < -0.3 is 21.1 Å². The molecule has 1 aromatic heterocycles. The van der Waals surface area contributed by atoms with Crippen molar-refractivity contribution in [3.05, 3.63) is 28.1 Å². The van der Waals surface area contributed by atoms with Crippen LogP contribution < -0.4 is 11.1 Å². The maximum atomic E-state index is 11.5. The maximum absolute atomic E-state index is 11.5. The summed E-state index contributed by atoms with van der Waals surface area (Å²) in [6.07, 6.45) is 0.386. The van der Waals surface area contributed by atoms with Crippen molar-refractivity contribution in [1.29, 1.82) is 0 Å². The fourth-order valence-electron chi connectivity index (χ4n) is 1.10. The highest BCUT2D eigenvalue weighted by Gasteiger charge is 2.16. The van der Waals surface area contributed by atoms with Gasteiger partial charge in [0.2, 0.25) is 0 Å². The van der Waals surface area contributed by atoms with Gasteiger partial charge in [-0.05, 0) is 6.92 Å². The molecule has 0 radical (unpaired) electrons. The predicted octanol–water partition coefficient (Wildman–Crippen LogP) is -0.639. The van der Waals surface area contributed by atoms with Gasteiger partial charge in [0.05, 0.1) is 17.2 Å². The second kappa shape index (κ2) is 5.41. The number of carbonyl (C=O) groups is 1. The predicted molar refractivity (Wildman–Crippen MR) is 59.4 cm³/mol. The molecule has 0 aromatic carbocycles. The van der Waals surface area contributed by atoms with Crippen LogP contribution in [0.5, 0.6) is 0 Å². The van der Waals surface area contributed by atoms with Crippen molar-refractivity contribution in [2.45, 2.75) is 19.1 Å². The van der Waals surface area contributed by atoms with Crippen molar-refractivity contribution < 1.29 is 14.8 Å². The number of nitrogens with zero attached hydrogens (tertiary/aromatic N) is 1. The quantitative estimate of drug-likeness (QED) is 0.402. The van der Waals surface area contributed by atoms with Crippen molar-refractivity contribution >= 4 is 11.6 Å². The highest BCUT2D eigenvalue weighted by molar-refractivity contribution is 5.93. The molecular formula is C9H14N4O4. The zero-order valence-corrected chi connectivity index (χ0v) is 9.21. The second-order valence-electron chi connectivity index (χ2n) is 3.64. The SMILES string of the molecule is CC(O)C(N)CNC(=O)c1cc([N+](=O)[O-])c[nH]1. The normalized spacial score (nSPS) is 14.1. The van der Waals surface area contributed by atoms with Gasteiger partial charge in [-0.25, -0.2) is 0 Å². The van der Waals surface area contributed by atoms with Gasteiger partial charge in [0, 0.05) is 18.7 Å². The minimum Gasteiger partial charge on any atom is -0.392 e. The van der Waals surface area contributed by atoms with Crippen LogP contribution in [0, 0.1) is 10.1 Å². The van der Waals surface area contributed by atoms with Crippen molar-refractivity contribution in [3.63, 3.8) is 0 Å². The largest absolute Gasteiger partial charge is 0.392 e. The van der Waals surface area contributed by atoms with Gasteiger partial charge in [-0.1, -0.05) is 0 Å². The van der Waals surface area contributed by atoms with Crippen molar-refractivity contribution in [3.8, 4) is 0 Å². The molecule has 5 N–H and O–H groups in total. The first-order valence-electron chi connectivity index (χ1n) is 4.96. The van der Waals surface area contributed by atoms with Gasteiger partial charge >= 0.3 is 0 Å². The molecule has 0 aliphatic rings. The summed E-state index contributed by atoms with van der Waals surface area (Å²) in [6, 6.07) is 0.548. The highest BCUT2D eigenvalue weighted by Crippen LogP contribution is 2.11. The standard InChI is InChI=1S/C9H14N4O4/c1-5(14)7(10)4-12-9(15)8-2-6(3-11-8)13(16)17/h2-3,5,7,11,14H,4,10H2,1H3,(H,12,15). The number of nitrogens with two attached hydrogens (primary N) is 1. The second-order valence-corrected chi connectivity index (χ2v) is 3.64. The van der Waals surface area contributed by atoms with E-state index in [0.717, 1.165) is 12.3 Å². The van der Waals surface area contributed by atoms with E-state index < -0.39 is 23.0 Å². The van der Waals surface area contributed by atoms with Crippen LogP contribution >= 0.6 is 0 Å². The van der Waals surface area contributed by atoms with E-state index in [1.165, 1.54) is 6.92 Å². The van der Waals surface area contributed by atoms with Gasteiger partial charge in [0.25, 0.3) is 11.6 Å². The molecule has 0 saturated heterocycles. The van der Waals surface area contributed by atoms with E-state index in [2.05, 4.69) is 10.3 Å². The lowest BCUT2D eigenvalue weighted by atomic mass is 10.2. The third kappa shape index (κ3) is 3.54. The molecule has 1 heterocycles. The van der Waals surface area contributed by atoms with Crippen LogP contribution in [0.25, 0.3) is 0 Å². The molecule has 1 aromatic rings. The van der Waals surface area contributed by atoms with E-state index in [-0.39, 0.29) is 17.9 Å². The van der Waals surface area contributed by atoms with Crippen molar-refractivity contribution in [1.82, 2.24) is 10.3 Å². The van der Waals surface area contributed by atoms with Crippen molar-refractivity contribution in [2.75, 3.05) is 6.54 Å².